The second kappa shape index (κ2) is 6.89. The fraction of sp³-hybridized carbons (Fsp3) is 0.429. The van der Waals surface area contributed by atoms with E-state index in [1.807, 2.05) is 6.07 Å². The lowest BCUT2D eigenvalue weighted by Crippen LogP contribution is -2.46. The van der Waals surface area contributed by atoms with Crippen molar-refractivity contribution in [1.29, 1.82) is 0 Å². The summed E-state index contributed by atoms with van der Waals surface area (Å²) in [5.41, 5.74) is 0.690. The summed E-state index contributed by atoms with van der Waals surface area (Å²) in [6.07, 6.45) is -0.804. The van der Waals surface area contributed by atoms with Crippen LogP contribution in [0, 0.1) is 5.92 Å². The molecular formula is C14H19NO4. The van der Waals surface area contributed by atoms with Gasteiger partial charge in [-0.3, -0.25) is 4.79 Å². The van der Waals surface area contributed by atoms with Gasteiger partial charge in [0.05, 0.1) is 0 Å². The van der Waals surface area contributed by atoms with Crippen molar-refractivity contribution in [1.82, 2.24) is 5.32 Å². The molecule has 2 atom stereocenters. The molecule has 1 aromatic carbocycles. The first-order chi connectivity index (χ1) is 8.97. The number of carboxylic acids is 1. The van der Waals surface area contributed by atoms with Gasteiger partial charge < -0.3 is 15.2 Å². The van der Waals surface area contributed by atoms with E-state index < -0.39 is 24.0 Å². The molecule has 1 aromatic rings. The van der Waals surface area contributed by atoms with Gasteiger partial charge in [0.25, 0.3) is 5.91 Å². The smallest absolute Gasteiger partial charge is 0.326 e. The summed E-state index contributed by atoms with van der Waals surface area (Å²) >= 11 is 0. The van der Waals surface area contributed by atoms with Gasteiger partial charge >= 0.3 is 5.97 Å². The zero-order chi connectivity index (χ0) is 14.4. The largest absolute Gasteiger partial charge is 0.480 e. The van der Waals surface area contributed by atoms with Crippen molar-refractivity contribution < 1.29 is 19.4 Å². The second-order valence-corrected chi connectivity index (χ2v) is 4.59. The fourth-order valence-electron chi connectivity index (χ4n) is 1.76. The molecule has 2 N–H and O–H groups in total. The van der Waals surface area contributed by atoms with E-state index in [-0.39, 0.29) is 5.92 Å². The van der Waals surface area contributed by atoms with Crippen molar-refractivity contribution in [2.24, 2.45) is 5.92 Å². The molecule has 0 aromatic heterocycles. The number of rotatable bonds is 6. The molecule has 1 amide bonds. The topological polar surface area (TPSA) is 75.6 Å². The zero-order valence-electron chi connectivity index (χ0n) is 11.3. The lowest BCUT2D eigenvalue weighted by molar-refractivity contribution is -0.145. The van der Waals surface area contributed by atoms with Gasteiger partial charge in [-0.1, -0.05) is 44.2 Å². The maximum atomic E-state index is 12.1. The van der Waals surface area contributed by atoms with E-state index in [1.54, 1.807) is 38.1 Å². The van der Waals surface area contributed by atoms with Crippen molar-refractivity contribution in [2.75, 3.05) is 7.11 Å². The molecule has 0 saturated heterocycles. The Labute approximate surface area is 112 Å². The van der Waals surface area contributed by atoms with Crippen LogP contribution in [-0.4, -0.2) is 30.1 Å². The Morgan fingerprint density at radius 3 is 2.21 bits per heavy atom. The first-order valence-electron chi connectivity index (χ1n) is 6.08. The molecule has 5 heteroatoms. The number of carbonyl (C=O) groups excluding carboxylic acids is 1. The molecule has 0 spiro atoms. The number of benzene rings is 1. The number of ether oxygens (including phenoxy) is 1. The third kappa shape index (κ3) is 4.06. The summed E-state index contributed by atoms with van der Waals surface area (Å²) in [6.45, 7) is 3.48. The SMILES string of the molecule is CO[C@@H](C(=O)N[C@H](C(=O)O)C(C)C)c1ccccc1. The van der Waals surface area contributed by atoms with E-state index in [0.29, 0.717) is 5.56 Å². The number of nitrogens with one attached hydrogen (secondary N) is 1. The summed E-state index contributed by atoms with van der Waals surface area (Å²) in [7, 11) is 1.42. The van der Waals surface area contributed by atoms with E-state index >= 15 is 0 Å². The van der Waals surface area contributed by atoms with Gasteiger partial charge in [-0.15, -0.1) is 0 Å². The quantitative estimate of drug-likeness (QED) is 0.819. The highest BCUT2D eigenvalue weighted by Gasteiger charge is 2.28. The number of hydrogen-bond donors (Lipinski definition) is 2. The molecular weight excluding hydrogens is 246 g/mol. The lowest BCUT2D eigenvalue weighted by atomic mass is 10.0. The Bertz CT molecular complexity index is 430. The number of aliphatic carboxylic acids is 1. The third-order valence-electron chi connectivity index (χ3n) is 2.81. The molecule has 19 heavy (non-hydrogen) atoms. The van der Waals surface area contributed by atoms with E-state index in [9.17, 15) is 9.59 Å². The van der Waals surface area contributed by atoms with Crippen LogP contribution in [0.15, 0.2) is 30.3 Å². The second-order valence-electron chi connectivity index (χ2n) is 4.59. The van der Waals surface area contributed by atoms with Gasteiger partial charge in [-0.25, -0.2) is 4.79 Å². The van der Waals surface area contributed by atoms with Gasteiger partial charge in [0.2, 0.25) is 0 Å². The van der Waals surface area contributed by atoms with Crippen molar-refractivity contribution in [3.8, 4) is 0 Å². The highest BCUT2D eigenvalue weighted by molar-refractivity contribution is 5.87. The first-order valence-corrected chi connectivity index (χ1v) is 6.08. The minimum Gasteiger partial charge on any atom is -0.480 e. The maximum absolute atomic E-state index is 12.1. The van der Waals surface area contributed by atoms with Crippen molar-refractivity contribution in [3.05, 3.63) is 35.9 Å². The van der Waals surface area contributed by atoms with Gasteiger partial charge in [-0.2, -0.15) is 0 Å². The van der Waals surface area contributed by atoms with Crippen LogP contribution in [0.5, 0.6) is 0 Å². The number of methoxy groups -OCH3 is 1. The lowest BCUT2D eigenvalue weighted by Gasteiger charge is -2.21. The molecule has 5 nitrogen and oxygen atoms in total. The van der Waals surface area contributed by atoms with Gasteiger partial charge in [0.1, 0.15) is 6.04 Å². The minimum absolute atomic E-state index is 0.199. The van der Waals surface area contributed by atoms with E-state index in [2.05, 4.69) is 5.32 Å². The molecule has 0 bridgehead atoms. The van der Waals surface area contributed by atoms with Crippen LogP contribution in [0.3, 0.4) is 0 Å². The Morgan fingerprint density at radius 2 is 1.79 bits per heavy atom. The highest BCUT2D eigenvalue weighted by atomic mass is 16.5. The van der Waals surface area contributed by atoms with Crippen molar-refractivity contribution in [3.63, 3.8) is 0 Å². The monoisotopic (exact) mass is 265 g/mol. The van der Waals surface area contributed by atoms with Crippen molar-refractivity contribution in [2.45, 2.75) is 26.0 Å². The fourth-order valence-corrected chi connectivity index (χ4v) is 1.76. The van der Waals surface area contributed by atoms with Crippen molar-refractivity contribution >= 4 is 11.9 Å². The van der Waals surface area contributed by atoms with Gasteiger partial charge in [0.15, 0.2) is 6.10 Å². The first kappa shape index (κ1) is 15.2. The van der Waals surface area contributed by atoms with Crippen LogP contribution in [-0.2, 0) is 14.3 Å². The van der Waals surface area contributed by atoms with Crippen LogP contribution in [0.4, 0.5) is 0 Å². The predicted octanol–water partition coefficient (Wildman–Crippen LogP) is 1.60. The average molecular weight is 265 g/mol. The average Bonchev–Trinajstić information content (AvgIpc) is 2.37. The van der Waals surface area contributed by atoms with Crippen LogP contribution in [0.25, 0.3) is 0 Å². The van der Waals surface area contributed by atoms with E-state index in [1.165, 1.54) is 7.11 Å². The number of amides is 1. The third-order valence-corrected chi connectivity index (χ3v) is 2.81. The van der Waals surface area contributed by atoms with Crippen LogP contribution in [0.2, 0.25) is 0 Å². The standard InChI is InChI=1S/C14H19NO4/c1-9(2)11(14(17)18)15-13(16)12(19-3)10-7-5-4-6-8-10/h4-9,11-12H,1-3H3,(H,15,16)(H,17,18)/t11-,12+/m0/s1. The zero-order valence-corrected chi connectivity index (χ0v) is 11.3. The number of carboxylic acid groups (broad SMARTS) is 1. The predicted molar refractivity (Wildman–Crippen MR) is 70.6 cm³/mol. The van der Waals surface area contributed by atoms with Crippen LogP contribution < -0.4 is 5.32 Å². The molecule has 0 radical (unpaired) electrons. The van der Waals surface area contributed by atoms with E-state index in [4.69, 9.17) is 9.84 Å². The molecule has 0 aliphatic heterocycles. The normalized spacial score (nSPS) is 13.9. The van der Waals surface area contributed by atoms with E-state index in [0.717, 1.165) is 0 Å². The Hall–Kier alpha value is -1.88. The molecule has 0 fully saturated rings. The molecule has 1 rings (SSSR count). The maximum Gasteiger partial charge on any atom is 0.326 e. The molecule has 0 heterocycles. The van der Waals surface area contributed by atoms with Gasteiger partial charge in [0, 0.05) is 7.11 Å². The Kier molecular flexibility index (Phi) is 5.51. The van der Waals surface area contributed by atoms with Crippen LogP contribution >= 0.6 is 0 Å². The van der Waals surface area contributed by atoms with Crippen LogP contribution in [0.1, 0.15) is 25.5 Å². The molecule has 0 aliphatic carbocycles. The Balaban J connectivity index is 2.83. The molecule has 104 valence electrons. The van der Waals surface area contributed by atoms with Gasteiger partial charge in [-0.05, 0) is 11.5 Å². The molecule has 0 saturated carbocycles. The molecule has 0 unspecified atom stereocenters. The highest BCUT2D eigenvalue weighted by Crippen LogP contribution is 2.17. The number of hydrogen-bond acceptors (Lipinski definition) is 3. The summed E-state index contributed by atoms with van der Waals surface area (Å²) in [6, 6.07) is 8.03. The number of carbonyl (C=O) groups is 2. The molecule has 0 aliphatic rings. The summed E-state index contributed by atoms with van der Waals surface area (Å²) in [4.78, 5) is 23.2. The summed E-state index contributed by atoms with van der Waals surface area (Å²) < 4.78 is 5.15. The summed E-state index contributed by atoms with van der Waals surface area (Å²) in [5.74, 6) is -1.70. The summed E-state index contributed by atoms with van der Waals surface area (Å²) in [5, 5.41) is 11.6. The Morgan fingerprint density at radius 1 is 1.21 bits per heavy atom. The minimum atomic E-state index is -1.05.